The molecule has 2 heteroatoms. The van der Waals surface area contributed by atoms with Crippen LogP contribution in [-0.2, 0) is 4.79 Å². The predicted octanol–water partition coefficient (Wildman–Crippen LogP) is 7.17. The second-order valence-electron chi connectivity index (χ2n) is 12.4. The molecule has 2 nitrogen and oxygen atoms in total. The molecule has 0 aliphatic heterocycles. The number of fused-ring (bicyclic) bond motifs is 5. The lowest BCUT2D eigenvalue weighted by Crippen LogP contribution is -2.57. The lowest BCUT2D eigenvalue weighted by atomic mass is 9.39. The molecular formula is C26H44O2. The summed E-state index contributed by atoms with van der Waals surface area (Å²) < 4.78 is 0. The molecule has 4 saturated carbocycles. The van der Waals surface area contributed by atoms with Crippen LogP contribution in [0.4, 0.5) is 0 Å². The minimum atomic E-state index is -0.624. The van der Waals surface area contributed by atoms with Crippen LogP contribution in [0.2, 0.25) is 0 Å². The quantitative estimate of drug-likeness (QED) is 0.554. The third-order valence-electron chi connectivity index (χ3n) is 11.2. The van der Waals surface area contributed by atoms with E-state index >= 15 is 0 Å². The van der Waals surface area contributed by atoms with Crippen LogP contribution in [0.3, 0.4) is 0 Å². The summed E-state index contributed by atoms with van der Waals surface area (Å²) in [5, 5.41) is 9.14. The zero-order chi connectivity index (χ0) is 20.3. The summed E-state index contributed by atoms with van der Waals surface area (Å²) in [5.41, 5.74) is 1.58. The fourth-order valence-corrected chi connectivity index (χ4v) is 9.47. The molecule has 0 aromatic carbocycles. The van der Waals surface area contributed by atoms with Crippen LogP contribution in [0.1, 0.15) is 105 Å². The second kappa shape index (κ2) is 7.02. The van der Waals surface area contributed by atoms with Gasteiger partial charge >= 0.3 is 5.97 Å². The van der Waals surface area contributed by atoms with Gasteiger partial charge in [-0.1, -0.05) is 41.0 Å². The molecule has 160 valence electrons. The first kappa shape index (κ1) is 20.7. The Labute approximate surface area is 173 Å². The standard InChI is InChI=1S/C26H44O2/c1-17-10-15-26(5)22-12-14-25(4)20(18(2)6-9-23(27)28)7-8-21(25)19(22)11-13-24(26,3)16-17/h17-22H,6-16H2,1-5H3,(H,27,28)/t17?,18?,19?,20?,21?,22?,24-,25-,26-/m1/s1. The summed E-state index contributed by atoms with van der Waals surface area (Å²) in [5.74, 6) is 4.35. The number of carboxylic acids is 1. The van der Waals surface area contributed by atoms with Crippen molar-refractivity contribution in [2.24, 2.45) is 51.8 Å². The highest BCUT2D eigenvalue weighted by Gasteiger charge is 2.63. The van der Waals surface area contributed by atoms with Crippen molar-refractivity contribution in [1.29, 1.82) is 0 Å². The molecule has 0 heterocycles. The van der Waals surface area contributed by atoms with Gasteiger partial charge in [-0.25, -0.2) is 0 Å². The van der Waals surface area contributed by atoms with Crippen LogP contribution in [0.25, 0.3) is 0 Å². The molecule has 4 aliphatic carbocycles. The minimum Gasteiger partial charge on any atom is -0.481 e. The van der Waals surface area contributed by atoms with Crippen molar-refractivity contribution in [3.05, 3.63) is 0 Å². The zero-order valence-electron chi connectivity index (χ0n) is 19.1. The molecule has 0 aromatic rings. The Bertz CT molecular complexity index is 614. The molecule has 28 heavy (non-hydrogen) atoms. The summed E-state index contributed by atoms with van der Waals surface area (Å²) in [6, 6.07) is 0. The maximum Gasteiger partial charge on any atom is 0.303 e. The highest BCUT2D eigenvalue weighted by molar-refractivity contribution is 5.66. The maximum atomic E-state index is 11.1. The Balaban J connectivity index is 1.54. The van der Waals surface area contributed by atoms with E-state index in [0.717, 1.165) is 36.0 Å². The monoisotopic (exact) mass is 388 g/mol. The fourth-order valence-electron chi connectivity index (χ4n) is 9.47. The summed E-state index contributed by atoms with van der Waals surface area (Å²) in [4.78, 5) is 11.1. The molecule has 0 amide bonds. The molecule has 0 aromatic heterocycles. The van der Waals surface area contributed by atoms with E-state index in [1.54, 1.807) is 0 Å². The second-order valence-corrected chi connectivity index (χ2v) is 12.4. The van der Waals surface area contributed by atoms with Gasteiger partial charge in [0.2, 0.25) is 0 Å². The molecule has 0 spiro atoms. The summed E-state index contributed by atoms with van der Waals surface area (Å²) in [6.45, 7) is 12.7. The van der Waals surface area contributed by atoms with Crippen molar-refractivity contribution in [2.75, 3.05) is 0 Å². The predicted molar refractivity (Wildman–Crippen MR) is 115 cm³/mol. The van der Waals surface area contributed by atoms with E-state index in [0.29, 0.717) is 28.6 Å². The summed E-state index contributed by atoms with van der Waals surface area (Å²) in [7, 11) is 0. The van der Waals surface area contributed by atoms with Gasteiger partial charge in [-0.2, -0.15) is 0 Å². The molecule has 9 atom stereocenters. The Morgan fingerprint density at radius 3 is 2.46 bits per heavy atom. The largest absolute Gasteiger partial charge is 0.481 e. The van der Waals surface area contributed by atoms with Gasteiger partial charge in [0, 0.05) is 6.42 Å². The average molecular weight is 389 g/mol. The molecule has 0 saturated heterocycles. The normalized spacial score (nSPS) is 51.7. The zero-order valence-corrected chi connectivity index (χ0v) is 19.1. The summed E-state index contributed by atoms with van der Waals surface area (Å²) >= 11 is 0. The Kier molecular flexibility index (Phi) is 5.20. The highest BCUT2D eigenvalue weighted by Crippen LogP contribution is 2.71. The van der Waals surface area contributed by atoms with Gasteiger partial charge in [-0.15, -0.1) is 0 Å². The first-order valence-electron chi connectivity index (χ1n) is 12.3. The average Bonchev–Trinajstić information content (AvgIpc) is 2.98. The number of carbonyl (C=O) groups is 1. The van der Waals surface area contributed by atoms with Crippen molar-refractivity contribution < 1.29 is 9.90 Å². The van der Waals surface area contributed by atoms with Gasteiger partial charge in [-0.05, 0) is 110 Å². The maximum absolute atomic E-state index is 11.1. The van der Waals surface area contributed by atoms with E-state index in [1.807, 2.05) is 0 Å². The minimum absolute atomic E-state index is 0.346. The van der Waals surface area contributed by atoms with Crippen molar-refractivity contribution in [3.8, 4) is 0 Å². The lowest BCUT2D eigenvalue weighted by Gasteiger charge is -2.65. The van der Waals surface area contributed by atoms with E-state index in [2.05, 4.69) is 34.6 Å². The van der Waals surface area contributed by atoms with Gasteiger partial charge in [-0.3, -0.25) is 4.79 Å². The van der Waals surface area contributed by atoms with Crippen LogP contribution in [-0.4, -0.2) is 11.1 Å². The van der Waals surface area contributed by atoms with Crippen LogP contribution < -0.4 is 0 Å². The molecule has 1 N–H and O–H groups in total. The van der Waals surface area contributed by atoms with E-state index in [-0.39, 0.29) is 0 Å². The van der Waals surface area contributed by atoms with E-state index in [9.17, 15) is 4.79 Å². The number of hydrogen-bond acceptors (Lipinski definition) is 1. The smallest absolute Gasteiger partial charge is 0.303 e. The number of carboxylic acid groups (broad SMARTS) is 1. The van der Waals surface area contributed by atoms with Crippen molar-refractivity contribution in [2.45, 2.75) is 105 Å². The molecule has 6 unspecified atom stereocenters. The Morgan fingerprint density at radius 2 is 1.75 bits per heavy atom. The van der Waals surface area contributed by atoms with Gasteiger partial charge < -0.3 is 5.11 Å². The molecule has 0 radical (unpaired) electrons. The van der Waals surface area contributed by atoms with Crippen LogP contribution in [0.5, 0.6) is 0 Å². The van der Waals surface area contributed by atoms with Gasteiger partial charge in [0.25, 0.3) is 0 Å². The number of hydrogen-bond donors (Lipinski definition) is 1. The lowest BCUT2D eigenvalue weighted by molar-refractivity contribution is -0.161. The fraction of sp³-hybridized carbons (Fsp3) is 0.962. The van der Waals surface area contributed by atoms with Gasteiger partial charge in [0.05, 0.1) is 0 Å². The molecule has 4 rings (SSSR count). The SMILES string of the molecule is CC1CC[C@]2(C)C3CC[C@]4(C)C(C(C)CCC(=O)O)CCC4C3CC[C@]2(C)C1. The van der Waals surface area contributed by atoms with E-state index in [4.69, 9.17) is 5.11 Å². The molecule has 4 fully saturated rings. The van der Waals surface area contributed by atoms with E-state index in [1.165, 1.54) is 57.8 Å². The Hall–Kier alpha value is -0.530. The van der Waals surface area contributed by atoms with Crippen molar-refractivity contribution in [1.82, 2.24) is 0 Å². The van der Waals surface area contributed by atoms with Gasteiger partial charge in [0.1, 0.15) is 0 Å². The first-order chi connectivity index (χ1) is 13.1. The van der Waals surface area contributed by atoms with Crippen LogP contribution in [0, 0.1) is 51.8 Å². The van der Waals surface area contributed by atoms with Crippen LogP contribution >= 0.6 is 0 Å². The van der Waals surface area contributed by atoms with E-state index < -0.39 is 5.97 Å². The third-order valence-corrected chi connectivity index (χ3v) is 11.2. The molecule has 0 bridgehead atoms. The number of rotatable bonds is 4. The summed E-state index contributed by atoms with van der Waals surface area (Å²) in [6.07, 6.45) is 14.0. The van der Waals surface area contributed by atoms with Crippen molar-refractivity contribution >= 4 is 5.97 Å². The van der Waals surface area contributed by atoms with Crippen LogP contribution in [0.15, 0.2) is 0 Å². The Morgan fingerprint density at radius 1 is 1.00 bits per heavy atom. The van der Waals surface area contributed by atoms with Crippen molar-refractivity contribution in [3.63, 3.8) is 0 Å². The first-order valence-corrected chi connectivity index (χ1v) is 12.3. The third kappa shape index (κ3) is 2.99. The molecular weight excluding hydrogens is 344 g/mol. The topological polar surface area (TPSA) is 37.3 Å². The molecule has 4 aliphatic rings. The highest BCUT2D eigenvalue weighted by atomic mass is 16.4. The number of aliphatic carboxylic acids is 1. The van der Waals surface area contributed by atoms with Gasteiger partial charge in [0.15, 0.2) is 0 Å².